The highest BCUT2D eigenvalue weighted by molar-refractivity contribution is 7.99. The van der Waals surface area contributed by atoms with Crippen molar-refractivity contribution in [1.82, 2.24) is 4.31 Å². The summed E-state index contributed by atoms with van der Waals surface area (Å²) in [5, 5.41) is 3.37. The van der Waals surface area contributed by atoms with Gasteiger partial charge in [-0.25, -0.2) is 8.42 Å². The summed E-state index contributed by atoms with van der Waals surface area (Å²) in [6.45, 7) is 6.04. The molecule has 1 aliphatic rings. The number of sulfonamides is 1. The first-order valence-corrected chi connectivity index (χ1v) is 13.4. The second kappa shape index (κ2) is 10.8. The van der Waals surface area contributed by atoms with Crippen LogP contribution >= 0.6 is 23.4 Å². The number of benzene rings is 2. The molecule has 1 fully saturated rings. The van der Waals surface area contributed by atoms with Crippen molar-refractivity contribution in [3.63, 3.8) is 0 Å². The smallest absolute Gasteiger partial charge is 0.255 e. The molecule has 1 amide bonds. The molecular formula is C22H28ClN3O4S2. The number of nitrogens with one attached hydrogen (secondary N) is 1. The average Bonchev–Trinajstić information content (AvgIpc) is 2.80. The van der Waals surface area contributed by atoms with Crippen LogP contribution in [0.15, 0.2) is 41.3 Å². The molecule has 0 saturated carbocycles. The van der Waals surface area contributed by atoms with E-state index in [-0.39, 0.29) is 16.2 Å². The summed E-state index contributed by atoms with van der Waals surface area (Å²) in [5.74, 6) is 1.89. The molecule has 0 aromatic heterocycles. The summed E-state index contributed by atoms with van der Waals surface area (Å²) in [6.07, 6.45) is 0. The molecule has 32 heavy (non-hydrogen) atoms. The fourth-order valence-electron chi connectivity index (χ4n) is 3.57. The van der Waals surface area contributed by atoms with Gasteiger partial charge in [0.25, 0.3) is 5.91 Å². The van der Waals surface area contributed by atoms with Gasteiger partial charge in [0, 0.05) is 48.9 Å². The molecule has 0 radical (unpaired) electrons. The zero-order chi connectivity index (χ0) is 23.3. The number of hydrogen-bond acceptors (Lipinski definition) is 6. The van der Waals surface area contributed by atoms with Gasteiger partial charge in [0.15, 0.2) is 0 Å². The maximum atomic E-state index is 13.0. The van der Waals surface area contributed by atoms with E-state index in [1.807, 2.05) is 17.8 Å². The summed E-state index contributed by atoms with van der Waals surface area (Å²) < 4.78 is 32.6. The number of carbonyl (C=O) groups excluding carboxylic acids is 1. The molecule has 1 N–H and O–H groups in total. The highest BCUT2D eigenvalue weighted by Gasteiger charge is 2.27. The predicted molar refractivity (Wildman–Crippen MR) is 132 cm³/mol. The number of carbonyl (C=O) groups is 1. The molecule has 3 rings (SSSR count). The molecule has 1 saturated heterocycles. The number of thioether (sulfide) groups is 1. The van der Waals surface area contributed by atoms with Gasteiger partial charge in [-0.15, -0.1) is 0 Å². The van der Waals surface area contributed by atoms with Crippen molar-refractivity contribution in [3.05, 3.63) is 47.0 Å². The third-order valence-corrected chi connectivity index (χ3v) is 8.62. The number of hydrogen-bond donors (Lipinski definition) is 1. The summed E-state index contributed by atoms with van der Waals surface area (Å²) in [5.41, 5.74) is 1.70. The van der Waals surface area contributed by atoms with E-state index in [1.54, 1.807) is 26.0 Å². The van der Waals surface area contributed by atoms with Crippen molar-refractivity contribution in [2.24, 2.45) is 0 Å². The standard InChI is InChI=1S/C22H28ClN3O4S2/c1-4-26(5-2)32(28,29)21-14-16(6-9-20(21)30-3)22(27)24-17-7-8-19(18(23)15-17)25-10-12-31-13-11-25/h6-9,14-15H,4-5,10-13H2,1-3H3,(H,24,27). The quantitative estimate of drug-likeness (QED) is 0.589. The van der Waals surface area contributed by atoms with Gasteiger partial charge in [0.05, 0.1) is 17.8 Å². The monoisotopic (exact) mass is 497 g/mol. The number of nitrogens with zero attached hydrogens (tertiary/aromatic N) is 2. The van der Waals surface area contributed by atoms with Crippen LogP contribution in [-0.2, 0) is 10.0 Å². The van der Waals surface area contributed by atoms with Crippen molar-refractivity contribution in [2.75, 3.05) is 55.0 Å². The number of amides is 1. The van der Waals surface area contributed by atoms with Crippen molar-refractivity contribution >= 4 is 50.7 Å². The number of rotatable bonds is 8. The van der Waals surface area contributed by atoms with E-state index in [1.165, 1.54) is 29.6 Å². The van der Waals surface area contributed by atoms with Gasteiger partial charge in [-0.3, -0.25) is 4.79 Å². The van der Waals surface area contributed by atoms with Gasteiger partial charge < -0.3 is 15.0 Å². The highest BCUT2D eigenvalue weighted by atomic mass is 35.5. The van der Waals surface area contributed by atoms with Crippen LogP contribution in [0.25, 0.3) is 0 Å². The Balaban J connectivity index is 1.84. The minimum absolute atomic E-state index is 0.0345. The Morgan fingerprint density at radius 2 is 1.84 bits per heavy atom. The van der Waals surface area contributed by atoms with Crippen molar-refractivity contribution in [3.8, 4) is 5.75 Å². The largest absolute Gasteiger partial charge is 0.495 e. The van der Waals surface area contributed by atoms with E-state index in [0.717, 1.165) is 30.3 Å². The number of halogens is 1. The Kier molecular flexibility index (Phi) is 8.32. The van der Waals surface area contributed by atoms with Crippen molar-refractivity contribution < 1.29 is 17.9 Å². The number of methoxy groups -OCH3 is 1. The van der Waals surface area contributed by atoms with Crippen LogP contribution in [0.2, 0.25) is 5.02 Å². The molecular weight excluding hydrogens is 470 g/mol. The Hall–Kier alpha value is -1.94. The van der Waals surface area contributed by atoms with Crippen LogP contribution in [0, 0.1) is 0 Å². The molecule has 0 aliphatic carbocycles. The molecule has 10 heteroatoms. The lowest BCUT2D eigenvalue weighted by molar-refractivity contribution is 0.102. The van der Waals surface area contributed by atoms with Crippen molar-refractivity contribution in [1.29, 1.82) is 0 Å². The van der Waals surface area contributed by atoms with Crippen molar-refractivity contribution in [2.45, 2.75) is 18.7 Å². The summed E-state index contributed by atoms with van der Waals surface area (Å²) in [4.78, 5) is 15.1. The Labute approximate surface area is 199 Å². The molecule has 7 nitrogen and oxygen atoms in total. The first-order chi connectivity index (χ1) is 15.3. The maximum absolute atomic E-state index is 13.0. The van der Waals surface area contributed by atoms with E-state index in [2.05, 4.69) is 10.2 Å². The van der Waals surface area contributed by atoms with Gasteiger partial charge in [-0.2, -0.15) is 16.1 Å². The molecule has 0 atom stereocenters. The van der Waals surface area contributed by atoms with Gasteiger partial charge >= 0.3 is 0 Å². The molecule has 1 aliphatic heterocycles. The third-order valence-electron chi connectivity index (χ3n) is 5.31. The Morgan fingerprint density at radius 3 is 2.44 bits per heavy atom. The Morgan fingerprint density at radius 1 is 1.16 bits per heavy atom. The van der Waals surface area contributed by atoms with E-state index < -0.39 is 15.9 Å². The second-order valence-corrected chi connectivity index (χ2v) is 10.7. The molecule has 1 heterocycles. The zero-order valence-electron chi connectivity index (χ0n) is 18.4. The first kappa shape index (κ1) is 24.7. The van der Waals surface area contributed by atoms with Crippen LogP contribution in [0.5, 0.6) is 5.75 Å². The third kappa shape index (κ3) is 5.33. The van der Waals surface area contributed by atoms with Crippen LogP contribution in [-0.4, -0.2) is 63.4 Å². The highest BCUT2D eigenvalue weighted by Crippen LogP contribution is 2.31. The van der Waals surface area contributed by atoms with Gasteiger partial charge in [-0.1, -0.05) is 25.4 Å². The second-order valence-electron chi connectivity index (χ2n) is 7.17. The van der Waals surface area contributed by atoms with E-state index in [0.29, 0.717) is 23.8 Å². The first-order valence-electron chi connectivity index (χ1n) is 10.4. The van der Waals surface area contributed by atoms with Crippen LogP contribution < -0.4 is 15.0 Å². The predicted octanol–water partition coefficient (Wildman–Crippen LogP) is 4.18. The van der Waals surface area contributed by atoms with E-state index in [9.17, 15) is 13.2 Å². The van der Waals surface area contributed by atoms with Crippen LogP contribution in [0.1, 0.15) is 24.2 Å². The van der Waals surface area contributed by atoms with E-state index >= 15 is 0 Å². The molecule has 2 aromatic carbocycles. The Bertz CT molecular complexity index is 1070. The molecule has 0 spiro atoms. The number of anilines is 2. The van der Waals surface area contributed by atoms with Gasteiger partial charge in [0.2, 0.25) is 10.0 Å². The fraction of sp³-hybridized carbons (Fsp3) is 0.409. The number of ether oxygens (including phenoxy) is 1. The molecule has 174 valence electrons. The summed E-state index contributed by atoms with van der Waals surface area (Å²) in [6, 6.07) is 9.81. The molecule has 2 aromatic rings. The van der Waals surface area contributed by atoms with Gasteiger partial charge in [0.1, 0.15) is 10.6 Å². The SMILES string of the molecule is CCN(CC)S(=O)(=O)c1cc(C(=O)Nc2ccc(N3CCSCC3)c(Cl)c2)ccc1OC. The molecule has 0 unspecified atom stereocenters. The maximum Gasteiger partial charge on any atom is 0.255 e. The van der Waals surface area contributed by atoms with E-state index in [4.69, 9.17) is 16.3 Å². The molecule has 0 bridgehead atoms. The summed E-state index contributed by atoms with van der Waals surface area (Å²) >= 11 is 8.40. The lowest BCUT2D eigenvalue weighted by Crippen LogP contribution is -2.32. The average molecular weight is 498 g/mol. The van der Waals surface area contributed by atoms with Gasteiger partial charge in [-0.05, 0) is 36.4 Å². The minimum Gasteiger partial charge on any atom is -0.495 e. The lowest BCUT2D eigenvalue weighted by Gasteiger charge is -2.29. The zero-order valence-corrected chi connectivity index (χ0v) is 20.8. The van der Waals surface area contributed by atoms with Crippen LogP contribution in [0.4, 0.5) is 11.4 Å². The van der Waals surface area contributed by atoms with Crippen LogP contribution in [0.3, 0.4) is 0 Å². The normalized spacial score (nSPS) is 14.5. The lowest BCUT2D eigenvalue weighted by atomic mass is 10.2. The minimum atomic E-state index is -3.80. The topological polar surface area (TPSA) is 79.0 Å². The summed E-state index contributed by atoms with van der Waals surface area (Å²) in [7, 11) is -2.39. The fourth-order valence-corrected chi connectivity index (χ4v) is 6.41.